The lowest BCUT2D eigenvalue weighted by molar-refractivity contribution is 0.249. The molecular formula is C16H17N3O3. The number of hydrogen-bond acceptors (Lipinski definition) is 5. The van der Waals surface area contributed by atoms with Crippen molar-refractivity contribution in [1.82, 2.24) is 9.97 Å². The van der Waals surface area contributed by atoms with Gasteiger partial charge in [-0.2, -0.15) is 5.26 Å². The molecule has 2 aromatic heterocycles. The van der Waals surface area contributed by atoms with Crippen LogP contribution < -0.4 is 10.3 Å². The maximum Gasteiger partial charge on any atom is 0.266 e. The van der Waals surface area contributed by atoms with E-state index in [0.717, 1.165) is 17.5 Å². The molecule has 0 atom stereocenters. The molecular weight excluding hydrogens is 282 g/mol. The maximum absolute atomic E-state index is 11.6. The third-order valence-corrected chi connectivity index (χ3v) is 3.21. The molecule has 0 aliphatic heterocycles. The number of H-pyrrole nitrogens is 1. The number of nitriles is 1. The van der Waals surface area contributed by atoms with Crippen molar-refractivity contribution >= 4 is 0 Å². The maximum atomic E-state index is 11.6. The van der Waals surface area contributed by atoms with Crippen LogP contribution in [-0.2, 0) is 0 Å². The van der Waals surface area contributed by atoms with E-state index in [-0.39, 0.29) is 12.2 Å². The van der Waals surface area contributed by atoms with Crippen molar-refractivity contribution in [2.75, 3.05) is 13.2 Å². The molecule has 2 aromatic rings. The Morgan fingerprint density at radius 2 is 2.23 bits per heavy atom. The van der Waals surface area contributed by atoms with Gasteiger partial charge in [0.25, 0.3) is 5.56 Å². The van der Waals surface area contributed by atoms with E-state index in [9.17, 15) is 4.79 Å². The Hall–Kier alpha value is -2.65. The minimum Gasteiger partial charge on any atom is -0.478 e. The number of aromatic amines is 1. The van der Waals surface area contributed by atoms with Gasteiger partial charge in [-0.05, 0) is 37.5 Å². The lowest BCUT2D eigenvalue weighted by Crippen LogP contribution is -2.12. The van der Waals surface area contributed by atoms with Gasteiger partial charge in [-0.15, -0.1) is 0 Å². The van der Waals surface area contributed by atoms with Crippen molar-refractivity contribution in [3.05, 3.63) is 46.0 Å². The highest BCUT2D eigenvalue weighted by atomic mass is 16.5. The Labute approximate surface area is 128 Å². The molecule has 0 amide bonds. The van der Waals surface area contributed by atoms with Crippen LogP contribution in [0, 0.1) is 18.3 Å². The topological polar surface area (TPSA) is 99.0 Å². The quantitative estimate of drug-likeness (QED) is 0.792. The lowest BCUT2D eigenvalue weighted by atomic mass is 10.0. The average molecular weight is 299 g/mol. The molecule has 0 aliphatic carbocycles. The Kier molecular flexibility index (Phi) is 5.28. The zero-order valence-electron chi connectivity index (χ0n) is 12.3. The Morgan fingerprint density at radius 1 is 1.41 bits per heavy atom. The molecule has 114 valence electrons. The van der Waals surface area contributed by atoms with E-state index in [2.05, 4.69) is 9.97 Å². The summed E-state index contributed by atoms with van der Waals surface area (Å²) >= 11 is 0. The van der Waals surface area contributed by atoms with Crippen LogP contribution >= 0.6 is 0 Å². The van der Waals surface area contributed by atoms with Gasteiger partial charge in [0, 0.05) is 30.1 Å². The molecule has 6 nitrogen and oxygen atoms in total. The van der Waals surface area contributed by atoms with Crippen LogP contribution in [0.25, 0.3) is 11.1 Å². The average Bonchev–Trinajstić information content (AvgIpc) is 2.52. The van der Waals surface area contributed by atoms with Crippen LogP contribution in [0.1, 0.15) is 24.1 Å². The van der Waals surface area contributed by atoms with Crippen LogP contribution in [0.5, 0.6) is 5.88 Å². The molecule has 0 bridgehead atoms. The summed E-state index contributed by atoms with van der Waals surface area (Å²) in [5, 5.41) is 17.7. The summed E-state index contributed by atoms with van der Waals surface area (Å²) in [6.07, 6.45) is 3.05. The van der Waals surface area contributed by atoms with E-state index in [0.29, 0.717) is 24.6 Å². The van der Waals surface area contributed by atoms with E-state index in [1.165, 1.54) is 0 Å². The van der Waals surface area contributed by atoms with Crippen LogP contribution in [-0.4, -0.2) is 28.3 Å². The summed E-state index contributed by atoms with van der Waals surface area (Å²) in [7, 11) is 0. The van der Waals surface area contributed by atoms with Gasteiger partial charge < -0.3 is 14.8 Å². The van der Waals surface area contributed by atoms with E-state index in [4.69, 9.17) is 15.1 Å². The predicted molar refractivity (Wildman–Crippen MR) is 81.6 cm³/mol. The Balaban J connectivity index is 2.26. The summed E-state index contributed by atoms with van der Waals surface area (Å²) in [6, 6.07) is 7.01. The Bertz CT molecular complexity index is 747. The number of aromatic nitrogens is 2. The number of pyridine rings is 2. The molecule has 0 unspecified atom stereocenters. The molecule has 0 radical (unpaired) electrons. The van der Waals surface area contributed by atoms with Gasteiger partial charge >= 0.3 is 0 Å². The highest BCUT2D eigenvalue weighted by Gasteiger charge is 2.09. The molecule has 0 saturated carbocycles. The van der Waals surface area contributed by atoms with Crippen LogP contribution in [0.15, 0.2) is 29.2 Å². The van der Waals surface area contributed by atoms with E-state index in [1.54, 1.807) is 31.3 Å². The van der Waals surface area contributed by atoms with Gasteiger partial charge in [-0.25, -0.2) is 4.98 Å². The summed E-state index contributed by atoms with van der Waals surface area (Å²) in [6.45, 7) is 2.40. The minimum absolute atomic E-state index is 0.0721. The van der Waals surface area contributed by atoms with Gasteiger partial charge in [0.05, 0.1) is 6.61 Å². The van der Waals surface area contributed by atoms with Crippen molar-refractivity contribution in [3.63, 3.8) is 0 Å². The molecule has 2 rings (SSSR count). The normalized spacial score (nSPS) is 10.2. The largest absolute Gasteiger partial charge is 0.478 e. The minimum atomic E-state index is -0.390. The number of nitrogens with zero attached hydrogens (tertiary/aromatic N) is 2. The molecule has 0 saturated heterocycles. The van der Waals surface area contributed by atoms with Gasteiger partial charge in [0.1, 0.15) is 11.6 Å². The molecule has 0 aliphatic rings. The van der Waals surface area contributed by atoms with Crippen LogP contribution in [0.4, 0.5) is 0 Å². The monoisotopic (exact) mass is 299 g/mol. The van der Waals surface area contributed by atoms with Crippen molar-refractivity contribution in [2.45, 2.75) is 19.8 Å². The number of hydrogen-bond donors (Lipinski definition) is 2. The molecule has 22 heavy (non-hydrogen) atoms. The number of nitrogens with one attached hydrogen (secondary N) is 1. The first kappa shape index (κ1) is 15.7. The number of ether oxygens (including phenoxy) is 1. The summed E-state index contributed by atoms with van der Waals surface area (Å²) in [5.74, 6) is 0.472. The zero-order valence-corrected chi connectivity index (χ0v) is 12.3. The van der Waals surface area contributed by atoms with Gasteiger partial charge in [-0.1, -0.05) is 0 Å². The van der Waals surface area contributed by atoms with Crippen LogP contribution in [0.3, 0.4) is 0 Å². The van der Waals surface area contributed by atoms with E-state index >= 15 is 0 Å². The standard InChI is InChI=1S/C16H17N3O3/c1-11-14(8-13(10-17)16(21)19-11)12-4-5-18-15(9-12)22-7-3-2-6-20/h4-5,8-9,20H,2-3,6-7H2,1H3,(H,19,21). The highest BCUT2D eigenvalue weighted by Crippen LogP contribution is 2.24. The van der Waals surface area contributed by atoms with Gasteiger partial charge in [0.2, 0.25) is 5.88 Å². The first-order chi connectivity index (χ1) is 10.7. The number of unbranched alkanes of at least 4 members (excludes halogenated alkanes) is 1. The first-order valence-electron chi connectivity index (χ1n) is 7.00. The zero-order chi connectivity index (χ0) is 15.9. The summed E-state index contributed by atoms with van der Waals surface area (Å²) in [5.41, 5.74) is 1.94. The summed E-state index contributed by atoms with van der Waals surface area (Å²) in [4.78, 5) is 18.4. The van der Waals surface area contributed by atoms with Gasteiger partial charge in [-0.3, -0.25) is 4.79 Å². The second kappa shape index (κ2) is 7.38. The van der Waals surface area contributed by atoms with Crippen molar-refractivity contribution in [2.24, 2.45) is 0 Å². The van der Waals surface area contributed by atoms with Crippen molar-refractivity contribution in [1.29, 1.82) is 5.26 Å². The fraction of sp³-hybridized carbons (Fsp3) is 0.312. The molecule has 2 heterocycles. The fourth-order valence-corrected chi connectivity index (χ4v) is 2.05. The van der Waals surface area contributed by atoms with Crippen molar-refractivity contribution in [3.8, 4) is 23.1 Å². The second-order valence-corrected chi connectivity index (χ2v) is 4.82. The van der Waals surface area contributed by atoms with Gasteiger partial charge in [0.15, 0.2) is 0 Å². The van der Waals surface area contributed by atoms with Crippen molar-refractivity contribution < 1.29 is 9.84 Å². The molecule has 0 spiro atoms. The smallest absolute Gasteiger partial charge is 0.266 e. The van der Waals surface area contributed by atoms with E-state index < -0.39 is 5.56 Å². The highest BCUT2D eigenvalue weighted by molar-refractivity contribution is 5.67. The number of aliphatic hydroxyl groups is 1. The lowest BCUT2D eigenvalue weighted by Gasteiger charge is -2.09. The Morgan fingerprint density at radius 3 is 2.95 bits per heavy atom. The second-order valence-electron chi connectivity index (χ2n) is 4.82. The third-order valence-electron chi connectivity index (χ3n) is 3.21. The third kappa shape index (κ3) is 3.71. The number of aliphatic hydroxyl groups excluding tert-OH is 1. The number of aryl methyl sites for hydroxylation is 1. The van der Waals surface area contributed by atoms with E-state index in [1.807, 2.05) is 6.07 Å². The SMILES string of the molecule is Cc1[nH]c(=O)c(C#N)cc1-c1ccnc(OCCCCO)c1. The summed E-state index contributed by atoms with van der Waals surface area (Å²) < 4.78 is 5.53. The first-order valence-corrected chi connectivity index (χ1v) is 7.00. The molecule has 2 N–H and O–H groups in total. The molecule has 6 heteroatoms. The fourth-order valence-electron chi connectivity index (χ4n) is 2.05. The number of rotatable bonds is 6. The van der Waals surface area contributed by atoms with Crippen LogP contribution in [0.2, 0.25) is 0 Å². The molecule has 0 fully saturated rings. The molecule has 0 aromatic carbocycles. The predicted octanol–water partition coefficient (Wildman–Crippen LogP) is 1.77.